The van der Waals surface area contributed by atoms with Gasteiger partial charge in [0.25, 0.3) is 0 Å². The minimum absolute atomic E-state index is 0.0926. The molecule has 1 N–H and O–H groups in total. The Morgan fingerprint density at radius 3 is 2.74 bits per heavy atom. The van der Waals surface area contributed by atoms with E-state index < -0.39 is 0 Å². The molecular weight excluding hydrogens is 356 g/mol. The van der Waals surface area contributed by atoms with Gasteiger partial charge in [-0.15, -0.1) is 10.2 Å². The molecule has 0 aliphatic rings. The Balaban J connectivity index is 1.55. The maximum absolute atomic E-state index is 12.8. The number of Topliss-reactive ketones (excluding diaryl/α,β-unsaturated/α-hetero) is 1. The molecule has 2 aromatic carbocycles. The highest BCUT2D eigenvalue weighted by Crippen LogP contribution is 2.27. The van der Waals surface area contributed by atoms with E-state index in [1.54, 1.807) is 0 Å². The summed E-state index contributed by atoms with van der Waals surface area (Å²) < 4.78 is 1.94. The molecule has 0 radical (unpaired) electrons. The number of aromatic nitrogens is 4. The van der Waals surface area contributed by atoms with Gasteiger partial charge in [-0.25, -0.2) is 0 Å². The van der Waals surface area contributed by atoms with Crippen LogP contribution in [0.3, 0.4) is 0 Å². The summed E-state index contributed by atoms with van der Waals surface area (Å²) in [7, 11) is 1.93. The Kier molecular flexibility index (Phi) is 4.58. The molecule has 2 aromatic heterocycles. The van der Waals surface area contributed by atoms with Crippen LogP contribution in [0.5, 0.6) is 0 Å². The molecule has 4 rings (SSSR count). The molecule has 0 bridgehead atoms. The van der Waals surface area contributed by atoms with Crippen molar-refractivity contribution in [3.8, 4) is 11.4 Å². The van der Waals surface area contributed by atoms with Crippen LogP contribution in [0.25, 0.3) is 22.3 Å². The molecule has 6 heteroatoms. The molecule has 27 heavy (non-hydrogen) atoms. The van der Waals surface area contributed by atoms with Crippen LogP contribution >= 0.6 is 11.8 Å². The number of hydrogen-bond acceptors (Lipinski definition) is 4. The van der Waals surface area contributed by atoms with Gasteiger partial charge in [-0.1, -0.05) is 53.7 Å². The summed E-state index contributed by atoms with van der Waals surface area (Å²) in [6, 6.07) is 16.1. The molecule has 0 spiro atoms. The van der Waals surface area contributed by atoms with Gasteiger partial charge in [0.15, 0.2) is 16.8 Å². The predicted molar refractivity (Wildman–Crippen MR) is 109 cm³/mol. The zero-order chi connectivity index (χ0) is 19.0. The Labute approximate surface area is 161 Å². The minimum Gasteiger partial charge on any atom is -0.358 e. The highest BCUT2D eigenvalue weighted by Gasteiger charge is 2.18. The van der Waals surface area contributed by atoms with Crippen molar-refractivity contribution < 1.29 is 4.79 Å². The summed E-state index contributed by atoms with van der Waals surface area (Å²) in [6.07, 6.45) is 0. The number of rotatable bonds is 5. The van der Waals surface area contributed by atoms with E-state index in [9.17, 15) is 4.79 Å². The van der Waals surface area contributed by atoms with Crippen LogP contribution in [0.15, 0.2) is 53.7 Å². The third-order valence-electron chi connectivity index (χ3n) is 4.62. The number of thioether (sulfide) groups is 1. The molecule has 0 saturated carbocycles. The Morgan fingerprint density at radius 1 is 1.11 bits per heavy atom. The average molecular weight is 376 g/mol. The minimum atomic E-state index is 0.0926. The van der Waals surface area contributed by atoms with Crippen molar-refractivity contribution >= 4 is 28.4 Å². The van der Waals surface area contributed by atoms with Gasteiger partial charge >= 0.3 is 0 Å². The van der Waals surface area contributed by atoms with E-state index in [0.29, 0.717) is 5.75 Å². The lowest BCUT2D eigenvalue weighted by Gasteiger charge is -2.05. The normalized spacial score (nSPS) is 11.2. The fraction of sp³-hybridized carbons (Fsp3) is 0.190. The molecule has 0 aliphatic carbocycles. The first-order valence-corrected chi connectivity index (χ1v) is 9.73. The fourth-order valence-corrected chi connectivity index (χ4v) is 4.10. The van der Waals surface area contributed by atoms with Crippen molar-refractivity contribution in [1.82, 2.24) is 19.7 Å². The van der Waals surface area contributed by atoms with Crippen LogP contribution in [-0.2, 0) is 7.05 Å². The summed E-state index contributed by atoms with van der Waals surface area (Å²) in [5.41, 5.74) is 4.86. The molecule has 136 valence electrons. The van der Waals surface area contributed by atoms with E-state index in [-0.39, 0.29) is 5.78 Å². The molecule has 0 fully saturated rings. The Bertz CT molecular complexity index is 1140. The van der Waals surface area contributed by atoms with Crippen molar-refractivity contribution in [1.29, 1.82) is 0 Å². The van der Waals surface area contributed by atoms with Crippen molar-refractivity contribution in [2.24, 2.45) is 7.05 Å². The first-order chi connectivity index (χ1) is 13.0. The van der Waals surface area contributed by atoms with E-state index in [2.05, 4.69) is 34.2 Å². The van der Waals surface area contributed by atoms with Crippen LogP contribution in [-0.4, -0.2) is 31.3 Å². The number of aryl methyl sites for hydroxylation is 2. The standard InChI is InChI=1S/C21H20N4OS/c1-13-7-6-8-15(11-13)20-23-24-21(25(20)3)27-12-18(26)19-14(2)22-17-10-5-4-9-16(17)19/h4-11,22H,12H2,1-3H3. The van der Waals surface area contributed by atoms with Crippen LogP contribution in [0.1, 0.15) is 21.6 Å². The number of aromatic amines is 1. The molecule has 5 nitrogen and oxygen atoms in total. The van der Waals surface area contributed by atoms with Crippen LogP contribution < -0.4 is 0 Å². The summed E-state index contributed by atoms with van der Waals surface area (Å²) in [5.74, 6) is 1.22. The molecule has 2 heterocycles. The molecule has 0 saturated heterocycles. The number of ketones is 1. The van der Waals surface area contributed by atoms with Crippen molar-refractivity contribution in [2.45, 2.75) is 19.0 Å². The van der Waals surface area contributed by atoms with E-state index in [0.717, 1.165) is 38.7 Å². The quantitative estimate of drug-likeness (QED) is 0.410. The number of hydrogen-bond donors (Lipinski definition) is 1. The van der Waals surface area contributed by atoms with Crippen LogP contribution in [0.4, 0.5) is 0 Å². The van der Waals surface area contributed by atoms with E-state index >= 15 is 0 Å². The number of H-pyrrole nitrogens is 1. The van der Waals surface area contributed by atoms with Crippen molar-refractivity contribution in [3.05, 3.63) is 65.4 Å². The third-order valence-corrected chi connectivity index (χ3v) is 5.64. The zero-order valence-electron chi connectivity index (χ0n) is 15.5. The summed E-state index contributed by atoms with van der Waals surface area (Å²) >= 11 is 1.42. The lowest BCUT2D eigenvalue weighted by Crippen LogP contribution is -2.05. The average Bonchev–Trinajstić information content (AvgIpc) is 3.18. The first kappa shape index (κ1) is 17.5. The number of nitrogens with one attached hydrogen (secondary N) is 1. The van der Waals surface area contributed by atoms with Gasteiger partial charge in [0, 0.05) is 34.8 Å². The molecule has 0 aliphatic heterocycles. The van der Waals surface area contributed by atoms with Crippen molar-refractivity contribution in [3.63, 3.8) is 0 Å². The number of carbonyl (C=O) groups is 1. The predicted octanol–water partition coefficient (Wildman–Crippen LogP) is 4.56. The van der Waals surface area contributed by atoms with Gasteiger partial charge in [0.2, 0.25) is 0 Å². The van der Waals surface area contributed by atoms with E-state index in [1.165, 1.54) is 17.3 Å². The highest BCUT2D eigenvalue weighted by molar-refractivity contribution is 7.99. The largest absolute Gasteiger partial charge is 0.358 e. The molecule has 0 unspecified atom stereocenters. The SMILES string of the molecule is Cc1cccc(-c2nnc(SCC(=O)c3c(C)[nH]c4ccccc34)n2C)c1. The van der Waals surface area contributed by atoms with Gasteiger partial charge in [-0.05, 0) is 26.0 Å². The Morgan fingerprint density at radius 2 is 1.93 bits per heavy atom. The number of fused-ring (bicyclic) bond motifs is 1. The topological polar surface area (TPSA) is 63.6 Å². The summed E-state index contributed by atoms with van der Waals surface area (Å²) in [4.78, 5) is 16.1. The van der Waals surface area contributed by atoms with Gasteiger partial charge in [0.05, 0.1) is 5.75 Å². The zero-order valence-corrected chi connectivity index (χ0v) is 16.3. The second kappa shape index (κ2) is 7.04. The highest BCUT2D eigenvalue weighted by atomic mass is 32.2. The summed E-state index contributed by atoms with van der Waals surface area (Å²) in [6.45, 7) is 3.99. The number of benzene rings is 2. The first-order valence-electron chi connectivity index (χ1n) is 8.74. The van der Waals surface area contributed by atoms with E-state index in [1.807, 2.05) is 54.9 Å². The lowest BCUT2D eigenvalue weighted by molar-refractivity contribution is 0.102. The summed E-state index contributed by atoms with van der Waals surface area (Å²) in [5, 5.41) is 10.3. The monoisotopic (exact) mass is 376 g/mol. The number of para-hydroxylation sites is 1. The van der Waals surface area contributed by atoms with E-state index in [4.69, 9.17) is 0 Å². The smallest absolute Gasteiger partial charge is 0.191 e. The van der Waals surface area contributed by atoms with Gasteiger partial charge in [-0.3, -0.25) is 4.79 Å². The van der Waals surface area contributed by atoms with Crippen molar-refractivity contribution in [2.75, 3.05) is 5.75 Å². The molecule has 4 aromatic rings. The van der Waals surface area contributed by atoms with Gasteiger partial charge in [0.1, 0.15) is 0 Å². The molecular formula is C21H20N4OS. The van der Waals surface area contributed by atoms with Crippen LogP contribution in [0.2, 0.25) is 0 Å². The fourth-order valence-electron chi connectivity index (χ4n) is 3.31. The maximum Gasteiger partial charge on any atom is 0.191 e. The second-order valence-corrected chi connectivity index (χ2v) is 7.56. The number of carbonyl (C=O) groups excluding carboxylic acids is 1. The third kappa shape index (κ3) is 3.28. The number of nitrogens with zero attached hydrogens (tertiary/aromatic N) is 3. The van der Waals surface area contributed by atoms with Crippen LogP contribution in [0, 0.1) is 13.8 Å². The molecule has 0 atom stereocenters. The lowest BCUT2D eigenvalue weighted by atomic mass is 10.1. The second-order valence-electron chi connectivity index (χ2n) is 6.62. The van der Waals surface area contributed by atoms with Gasteiger partial charge in [-0.2, -0.15) is 0 Å². The maximum atomic E-state index is 12.8. The molecule has 0 amide bonds. The van der Waals surface area contributed by atoms with Gasteiger partial charge < -0.3 is 9.55 Å². The Hall–Kier alpha value is -2.86.